The molecule has 0 bridgehead atoms. The Labute approximate surface area is 311 Å². The van der Waals surface area contributed by atoms with Crippen LogP contribution in [0.25, 0.3) is 11.0 Å². The van der Waals surface area contributed by atoms with Crippen molar-refractivity contribution in [2.75, 3.05) is 26.9 Å². The van der Waals surface area contributed by atoms with E-state index in [1.165, 1.54) is 4.31 Å². The van der Waals surface area contributed by atoms with Crippen LogP contribution in [0.15, 0.2) is 71.9 Å². The minimum absolute atomic E-state index is 0.00683. The molecular weight excluding hydrogens is 693 g/mol. The number of benzene rings is 3. The van der Waals surface area contributed by atoms with Crippen molar-refractivity contribution in [3.63, 3.8) is 0 Å². The Morgan fingerprint density at radius 1 is 1.04 bits per heavy atom. The van der Waals surface area contributed by atoms with Crippen LogP contribution in [0.1, 0.15) is 73.4 Å². The van der Waals surface area contributed by atoms with Gasteiger partial charge in [-0.1, -0.05) is 62.4 Å². The molecule has 2 aromatic heterocycles. The average molecular weight is 741 g/mol. The first kappa shape index (κ1) is 38.0. The number of ether oxygens (including phenoxy) is 3. The van der Waals surface area contributed by atoms with Gasteiger partial charge in [0.2, 0.25) is 10.0 Å². The van der Waals surface area contributed by atoms with Crippen LogP contribution in [0.2, 0.25) is 0 Å². The van der Waals surface area contributed by atoms with E-state index >= 15 is 0 Å². The maximum atomic E-state index is 14.5. The van der Waals surface area contributed by atoms with Gasteiger partial charge in [-0.2, -0.15) is 4.31 Å². The zero-order valence-corrected chi connectivity index (χ0v) is 32.3. The highest BCUT2D eigenvalue weighted by molar-refractivity contribution is 7.89. The fraction of sp³-hybridized carbons (Fsp3) is 0.425. The number of nitrogens with zero attached hydrogens (tertiary/aromatic N) is 6. The van der Waals surface area contributed by atoms with E-state index in [4.69, 9.17) is 14.2 Å². The van der Waals surface area contributed by atoms with Crippen molar-refractivity contribution in [2.24, 2.45) is 5.41 Å². The molecule has 0 N–H and O–H groups in total. The van der Waals surface area contributed by atoms with Crippen LogP contribution in [-0.2, 0) is 39.1 Å². The summed E-state index contributed by atoms with van der Waals surface area (Å²) in [7, 11) is -2.28. The number of hydrogen-bond acceptors (Lipinski definition) is 10. The SMILES string of the molecule is CC[C@@H]1CN(Cc2cc([C@@H](c3ccc4c(nnn4CC)c3C)C(C)(C)C(=O)Cc3cnc(OCCOC)nc3)ccc2C)S(=O)(=O)c2ccccc2O1. The third kappa shape index (κ3) is 7.69. The van der Waals surface area contributed by atoms with Gasteiger partial charge >= 0.3 is 6.01 Å². The molecular formula is C40H48N6O6S. The first-order valence-corrected chi connectivity index (χ1v) is 19.5. The maximum absolute atomic E-state index is 14.5. The van der Waals surface area contributed by atoms with Crippen molar-refractivity contribution in [1.29, 1.82) is 0 Å². The summed E-state index contributed by atoms with van der Waals surface area (Å²) in [5.74, 6) is -0.0545. The second-order valence-corrected chi connectivity index (χ2v) is 16.0. The first-order chi connectivity index (χ1) is 25.4. The number of aryl methyl sites for hydroxylation is 3. The number of fused-ring (bicyclic) bond motifs is 2. The molecule has 1 aliphatic rings. The van der Waals surface area contributed by atoms with E-state index in [9.17, 15) is 13.2 Å². The zero-order valence-electron chi connectivity index (χ0n) is 31.5. The molecule has 3 aromatic carbocycles. The molecule has 53 heavy (non-hydrogen) atoms. The summed E-state index contributed by atoms with van der Waals surface area (Å²) in [4.78, 5) is 23.3. The zero-order chi connectivity index (χ0) is 37.9. The molecule has 0 amide bonds. The second kappa shape index (κ2) is 15.7. The number of aromatic nitrogens is 5. The lowest BCUT2D eigenvalue weighted by Gasteiger charge is -2.35. The van der Waals surface area contributed by atoms with E-state index < -0.39 is 21.4 Å². The predicted molar refractivity (Wildman–Crippen MR) is 202 cm³/mol. The highest BCUT2D eigenvalue weighted by Crippen LogP contribution is 2.45. The predicted octanol–water partition coefficient (Wildman–Crippen LogP) is 6.22. The van der Waals surface area contributed by atoms with Crippen molar-refractivity contribution in [3.8, 4) is 11.8 Å². The first-order valence-electron chi connectivity index (χ1n) is 18.0. The Kier molecular flexibility index (Phi) is 11.3. The molecule has 0 aliphatic carbocycles. The standard InChI is InChI=1S/C40H48N6O6S/c1-8-31-25-45(53(48,49)35-13-11-10-12-34(35)52-31)24-30-21-29(15-14-26(30)3)37(32-16-17-33-38(27(32)4)43-44-46(33)9-2)40(5,6)36(47)20-28-22-41-39(42-23-28)51-19-18-50-7/h10-17,21-23,31,37H,8-9,18-20,24-25H2,1-7H3/t31-,37+/m1/s1. The van der Waals surface area contributed by atoms with Crippen LogP contribution in [0.4, 0.5) is 0 Å². The van der Waals surface area contributed by atoms with Gasteiger partial charge in [-0.15, -0.1) is 5.10 Å². The van der Waals surface area contributed by atoms with Gasteiger partial charge in [0.25, 0.3) is 0 Å². The van der Waals surface area contributed by atoms with Crippen LogP contribution in [0.3, 0.4) is 0 Å². The number of hydrogen-bond donors (Lipinski definition) is 0. The van der Waals surface area contributed by atoms with Gasteiger partial charge in [-0.3, -0.25) is 4.79 Å². The number of ketones is 1. The quantitative estimate of drug-likeness (QED) is 0.121. The Bertz CT molecular complexity index is 2200. The molecule has 0 unspecified atom stereocenters. The number of para-hydroxylation sites is 1. The van der Waals surface area contributed by atoms with E-state index in [0.717, 1.165) is 38.9 Å². The van der Waals surface area contributed by atoms with Crippen molar-refractivity contribution < 1.29 is 27.4 Å². The Morgan fingerprint density at radius 3 is 2.51 bits per heavy atom. The highest BCUT2D eigenvalue weighted by atomic mass is 32.2. The molecule has 2 atom stereocenters. The molecule has 1 aliphatic heterocycles. The monoisotopic (exact) mass is 740 g/mol. The van der Waals surface area contributed by atoms with Crippen LogP contribution in [0, 0.1) is 19.3 Å². The molecule has 0 spiro atoms. The molecule has 0 saturated heterocycles. The van der Waals surface area contributed by atoms with Gasteiger partial charge in [0.1, 0.15) is 34.7 Å². The van der Waals surface area contributed by atoms with Crippen molar-refractivity contribution >= 4 is 26.8 Å². The molecule has 0 saturated carbocycles. The third-order valence-electron chi connectivity index (χ3n) is 10.3. The summed E-state index contributed by atoms with van der Waals surface area (Å²) in [6, 6.07) is 17.3. The van der Waals surface area contributed by atoms with E-state index in [0.29, 0.717) is 37.5 Å². The molecule has 6 rings (SSSR count). The van der Waals surface area contributed by atoms with Crippen LogP contribution >= 0.6 is 0 Å². The number of sulfonamides is 1. The van der Waals surface area contributed by atoms with Crippen molar-refractivity contribution in [3.05, 3.63) is 100 Å². The summed E-state index contributed by atoms with van der Waals surface area (Å²) >= 11 is 0. The normalized spacial score (nSPS) is 16.5. The molecule has 280 valence electrons. The smallest absolute Gasteiger partial charge is 0.316 e. The topological polar surface area (TPSA) is 139 Å². The Hall–Kier alpha value is -4.72. The number of carbonyl (C=O) groups is 1. The molecule has 0 radical (unpaired) electrons. The van der Waals surface area contributed by atoms with Gasteiger partial charge in [0.15, 0.2) is 0 Å². The fourth-order valence-electron chi connectivity index (χ4n) is 7.05. The molecule has 13 heteroatoms. The largest absolute Gasteiger partial charge is 0.488 e. The van der Waals surface area contributed by atoms with Gasteiger partial charge in [0, 0.05) is 50.3 Å². The lowest BCUT2D eigenvalue weighted by atomic mass is 9.66. The average Bonchev–Trinajstić information content (AvgIpc) is 3.54. The Morgan fingerprint density at radius 2 is 1.79 bits per heavy atom. The number of carbonyl (C=O) groups excluding carboxylic acids is 1. The molecule has 12 nitrogen and oxygen atoms in total. The number of Topliss-reactive ketones (excluding diaryl/α,β-unsaturated/α-hetero) is 1. The van der Waals surface area contributed by atoms with Crippen molar-refractivity contribution in [2.45, 2.75) is 84.4 Å². The van der Waals surface area contributed by atoms with Crippen LogP contribution < -0.4 is 9.47 Å². The van der Waals surface area contributed by atoms with E-state index in [1.807, 2.05) is 64.4 Å². The minimum Gasteiger partial charge on any atom is -0.488 e. The molecule has 0 fully saturated rings. The van der Waals surface area contributed by atoms with E-state index in [1.54, 1.807) is 43.8 Å². The van der Waals surface area contributed by atoms with Gasteiger partial charge in [-0.25, -0.2) is 23.1 Å². The van der Waals surface area contributed by atoms with Crippen molar-refractivity contribution in [1.82, 2.24) is 29.3 Å². The number of rotatable bonds is 14. The third-order valence-corrected chi connectivity index (χ3v) is 12.1. The molecule has 5 aromatic rings. The maximum Gasteiger partial charge on any atom is 0.316 e. The fourth-order valence-corrected chi connectivity index (χ4v) is 8.62. The van der Waals surface area contributed by atoms with E-state index in [-0.39, 0.29) is 42.3 Å². The lowest BCUT2D eigenvalue weighted by molar-refractivity contribution is -0.127. The molecule has 3 heterocycles. The Balaban J connectivity index is 1.40. The second-order valence-electron chi connectivity index (χ2n) is 14.1. The van der Waals surface area contributed by atoms with Gasteiger partial charge in [-0.05, 0) is 78.8 Å². The van der Waals surface area contributed by atoms with Gasteiger partial charge in [0.05, 0.1) is 18.7 Å². The summed E-state index contributed by atoms with van der Waals surface area (Å²) in [6.07, 6.45) is 3.70. The number of methoxy groups -OCH3 is 1. The van der Waals surface area contributed by atoms with Crippen LogP contribution in [-0.4, -0.2) is 76.4 Å². The highest BCUT2D eigenvalue weighted by Gasteiger charge is 2.40. The van der Waals surface area contributed by atoms with Crippen LogP contribution in [0.5, 0.6) is 11.8 Å². The van der Waals surface area contributed by atoms with Gasteiger partial charge < -0.3 is 14.2 Å². The lowest BCUT2D eigenvalue weighted by Crippen LogP contribution is -2.37. The summed E-state index contributed by atoms with van der Waals surface area (Å²) in [5, 5.41) is 8.90. The van der Waals surface area contributed by atoms with E-state index in [2.05, 4.69) is 32.4 Å². The summed E-state index contributed by atoms with van der Waals surface area (Å²) in [5.41, 5.74) is 6.00. The summed E-state index contributed by atoms with van der Waals surface area (Å²) < 4.78 is 48.3. The summed E-state index contributed by atoms with van der Waals surface area (Å²) in [6.45, 7) is 13.7. The minimum atomic E-state index is -3.87.